The highest BCUT2D eigenvalue weighted by Crippen LogP contribution is 2.34. The highest BCUT2D eigenvalue weighted by Gasteiger charge is 2.31. The van der Waals surface area contributed by atoms with Crippen molar-refractivity contribution in [1.82, 2.24) is 5.32 Å². The fraction of sp³-hybridized carbons (Fsp3) is 0.0857. The number of anilines is 2. The first-order valence-corrected chi connectivity index (χ1v) is 14.3. The van der Waals surface area contributed by atoms with Gasteiger partial charge in [-0.25, -0.2) is 0 Å². The molecule has 5 aromatic rings. The number of aliphatic carboxylic acids is 1. The first-order valence-electron chi connectivity index (χ1n) is 13.9. The normalized spacial score (nSPS) is 11.7. The van der Waals surface area contributed by atoms with Crippen LogP contribution >= 0.6 is 11.6 Å². The molecule has 1 unspecified atom stereocenters. The van der Waals surface area contributed by atoms with Crippen LogP contribution in [0.3, 0.4) is 0 Å². The highest BCUT2D eigenvalue weighted by atomic mass is 35.5. The van der Waals surface area contributed by atoms with E-state index in [4.69, 9.17) is 16.3 Å². The summed E-state index contributed by atoms with van der Waals surface area (Å²) in [5.74, 6) is -0.819. The Labute approximate surface area is 267 Å². The van der Waals surface area contributed by atoms with E-state index in [1.54, 1.807) is 12.1 Å². The summed E-state index contributed by atoms with van der Waals surface area (Å²) in [6.07, 6.45) is -5.23. The number of alkyl halides is 3. The zero-order valence-corrected chi connectivity index (χ0v) is 24.7. The molecule has 0 saturated carbocycles. The predicted molar refractivity (Wildman–Crippen MR) is 169 cm³/mol. The second-order valence-electron chi connectivity index (χ2n) is 10.0. The fourth-order valence-corrected chi connectivity index (χ4v) is 4.85. The van der Waals surface area contributed by atoms with Gasteiger partial charge in [-0.15, -0.1) is 13.2 Å². The average molecular weight is 647 g/mol. The first kappa shape index (κ1) is 31.9. The number of carbonyl (C=O) groups is 2. The minimum Gasteiger partial charge on any atom is -0.481 e. The molecule has 0 saturated heterocycles. The fourth-order valence-electron chi connectivity index (χ4n) is 4.68. The van der Waals surface area contributed by atoms with E-state index >= 15 is 0 Å². The molecule has 0 heterocycles. The third kappa shape index (κ3) is 8.58. The van der Waals surface area contributed by atoms with Crippen molar-refractivity contribution in [2.75, 3.05) is 5.32 Å². The van der Waals surface area contributed by atoms with Crippen molar-refractivity contribution < 1.29 is 37.3 Å². The van der Waals surface area contributed by atoms with Crippen molar-refractivity contribution in [3.8, 4) is 28.4 Å². The zero-order valence-electron chi connectivity index (χ0n) is 23.9. The van der Waals surface area contributed by atoms with Gasteiger partial charge in [0.2, 0.25) is 0 Å². The molecule has 0 aliphatic carbocycles. The molecule has 0 spiro atoms. The van der Waals surface area contributed by atoms with Gasteiger partial charge in [0.25, 0.3) is 5.91 Å². The lowest BCUT2D eigenvalue weighted by atomic mass is 9.98. The maximum absolute atomic E-state index is 13.5. The van der Waals surface area contributed by atoms with Gasteiger partial charge in [-0.1, -0.05) is 72.3 Å². The molecular weight excluding hydrogens is 621 g/mol. The van der Waals surface area contributed by atoms with Crippen LogP contribution in [0.2, 0.25) is 5.02 Å². The summed E-state index contributed by atoms with van der Waals surface area (Å²) in [4.78, 5) is 25.3. The first-order chi connectivity index (χ1) is 22.0. The van der Waals surface area contributed by atoms with Crippen molar-refractivity contribution >= 4 is 34.9 Å². The van der Waals surface area contributed by atoms with Crippen molar-refractivity contribution in [3.63, 3.8) is 0 Å². The van der Waals surface area contributed by atoms with Crippen LogP contribution in [0.1, 0.15) is 28.4 Å². The van der Waals surface area contributed by atoms with Crippen molar-refractivity contribution in [2.24, 2.45) is 0 Å². The molecule has 0 bridgehead atoms. The quantitative estimate of drug-likeness (QED) is 0.132. The third-order valence-corrected chi connectivity index (χ3v) is 6.99. The van der Waals surface area contributed by atoms with Crippen LogP contribution in [0.4, 0.5) is 24.5 Å². The second-order valence-corrected chi connectivity index (χ2v) is 10.5. The predicted octanol–water partition coefficient (Wildman–Crippen LogP) is 9.39. The standard InChI is InChI=1S/C35H26ClF3N2O5/c36-24-14-19-30(40-25-15-17-27(18-16-25)46-35(37,38)39)29(20-24)34(44)41-31(21-33(42)43)23-12-10-22(11-13-23)28-8-4-5-9-32(28)45-26-6-2-1-3-7-26/h1-20,31,40H,21H2,(H,41,44)(H,42,43). The highest BCUT2D eigenvalue weighted by molar-refractivity contribution is 6.31. The van der Waals surface area contributed by atoms with Crippen molar-refractivity contribution in [1.29, 1.82) is 0 Å². The summed E-state index contributed by atoms with van der Waals surface area (Å²) in [6, 6.07) is 32.5. The zero-order chi connectivity index (χ0) is 32.7. The number of carboxylic acid groups (broad SMARTS) is 1. The molecule has 1 amide bonds. The van der Waals surface area contributed by atoms with Crippen molar-refractivity contribution in [2.45, 2.75) is 18.8 Å². The Morgan fingerprint density at radius 3 is 2.15 bits per heavy atom. The number of rotatable bonds is 11. The summed E-state index contributed by atoms with van der Waals surface area (Å²) in [5, 5.41) is 15.7. The average Bonchev–Trinajstić information content (AvgIpc) is 3.02. The Morgan fingerprint density at radius 1 is 0.804 bits per heavy atom. The van der Waals surface area contributed by atoms with E-state index in [-0.39, 0.29) is 10.6 Å². The van der Waals surface area contributed by atoms with E-state index in [0.717, 1.165) is 23.3 Å². The van der Waals surface area contributed by atoms with Gasteiger partial charge in [0, 0.05) is 16.3 Å². The number of hydrogen-bond donors (Lipinski definition) is 3. The lowest BCUT2D eigenvalue weighted by molar-refractivity contribution is -0.274. The number of carbonyl (C=O) groups excluding carboxylic acids is 1. The smallest absolute Gasteiger partial charge is 0.481 e. The topological polar surface area (TPSA) is 96.9 Å². The van der Waals surface area contributed by atoms with Gasteiger partial charge in [-0.05, 0) is 71.8 Å². The molecule has 5 rings (SSSR count). The van der Waals surface area contributed by atoms with E-state index in [9.17, 15) is 27.9 Å². The molecule has 0 aromatic heterocycles. The molecule has 234 valence electrons. The summed E-state index contributed by atoms with van der Waals surface area (Å²) in [5.41, 5.74) is 2.97. The number of carboxylic acids is 1. The number of para-hydroxylation sites is 2. The largest absolute Gasteiger partial charge is 0.573 e. The molecule has 0 fully saturated rings. The van der Waals surface area contributed by atoms with Gasteiger partial charge in [0.15, 0.2) is 0 Å². The maximum Gasteiger partial charge on any atom is 0.573 e. The summed E-state index contributed by atoms with van der Waals surface area (Å²) in [7, 11) is 0. The van der Waals surface area contributed by atoms with Gasteiger partial charge >= 0.3 is 12.3 Å². The Kier molecular flexibility index (Phi) is 9.78. The molecule has 5 aromatic carbocycles. The number of ether oxygens (including phenoxy) is 2. The van der Waals surface area contributed by atoms with Gasteiger partial charge < -0.3 is 25.2 Å². The molecular formula is C35H26ClF3N2O5. The minimum atomic E-state index is -4.83. The van der Waals surface area contributed by atoms with E-state index in [1.165, 1.54) is 30.3 Å². The van der Waals surface area contributed by atoms with Gasteiger partial charge in [0.1, 0.15) is 17.2 Å². The van der Waals surface area contributed by atoms with Crippen LogP contribution in [-0.4, -0.2) is 23.3 Å². The Hall–Kier alpha value is -5.48. The Morgan fingerprint density at radius 2 is 1.48 bits per heavy atom. The summed E-state index contributed by atoms with van der Waals surface area (Å²) < 4.78 is 47.6. The Balaban J connectivity index is 1.36. The number of hydrogen-bond acceptors (Lipinski definition) is 5. The van der Waals surface area contributed by atoms with E-state index in [1.807, 2.05) is 66.7 Å². The third-order valence-electron chi connectivity index (χ3n) is 6.76. The lowest BCUT2D eigenvalue weighted by Gasteiger charge is -2.20. The van der Waals surface area contributed by atoms with Crippen molar-refractivity contribution in [3.05, 3.63) is 137 Å². The second kappa shape index (κ2) is 14.1. The molecule has 0 aliphatic heterocycles. The Bertz CT molecular complexity index is 1820. The number of benzene rings is 5. The molecule has 1 atom stereocenters. The number of amides is 1. The SMILES string of the molecule is O=C(O)CC(NC(=O)c1cc(Cl)ccc1Nc1ccc(OC(F)(F)F)cc1)c1ccc(-c2ccccc2Oc2ccccc2)cc1. The number of halogens is 4. The van der Waals surface area contributed by atoms with E-state index in [2.05, 4.69) is 15.4 Å². The molecule has 3 N–H and O–H groups in total. The van der Waals surface area contributed by atoms with Crippen LogP contribution in [0, 0.1) is 0 Å². The van der Waals surface area contributed by atoms with Gasteiger partial charge in [-0.3, -0.25) is 9.59 Å². The maximum atomic E-state index is 13.5. The summed E-state index contributed by atoms with van der Waals surface area (Å²) >= 11 is 6.19. The number of nitrogens with one attached hydrogen (secondary N) is 2. The molecule has 0 aliphatic rings. The van der Waals surface area contributed by atoms with Gasteiger partial charge in [-0.2, -0.15) is 0 Å². The van der Waals surface area contributed by atoms with Crippen LogP contribution in [0.15, 0.2) is 121 Å². The van der Waals surface area contributed by atoms with E-state index < -0.39 is 36.5 Å². The molecule has 46 heavy (non-hydrogen) atoms. The summed E-state index contributed by atoms with van der Waals surface area (Å²) in [6.45, 7) is 0. The molecule has 11 heteroatoms. The van der Waals surface area contributed by atoms with Crippen LogP contribution in [0.5, 0.6) is 17.2 Å². The van der Waals surface area contributed by atoms with Crippen LogP contribution < -0.4 is 20.1 Å². The lowest BCUT2D eigenvalue weighted by Crippen LogP contribution is -2.30. The van der Waals surface area contributed by atoms with E-state index in [0.29, 0.717) is 28.4 Å². The molecule has 0 radical (unpaired) electrons. The van der Waals surface area contributed by atoms with Gasteiger partial charge in [0.05, 0.1) is 23.7 Å². The molecule has 7 nitrogen and oxygen atoms in total. The van der Waals surface area contributed by atoms with Crippen LogP contribution in [-0.2, 0) is 4.79 Å². The van der Waals surface area contributed by atoms with Crippen LogP contribution in [0.25, 0.3) is 11.1 Å². The monoisotopic (exact) mass is 646 g/mol. The minimum absolute atomic E-state index is 0.0992.